The average Bonchev–Trinajstić information content (AvgIpc) is 2.30. The van der Waals surface area contributed by atoms with Crippen LogP contribution in [0.3, 0.4) is 0 Å². The fourth-order valence-corrected chi connectivity index (χ4v) is 2.17. The van der Waals surface area contributed by atoms with Gasteiger partial charge in [-0.05, 0) is 12.5 Å². The molecule has 2 aromatic rings. The molecule has 0 saturated heterocycles. The molecule has 0 unspecified atom stereocenters. The van der Waals surface area contributed by atoms with Crippen LogP contribution in [-0.2, 0) is 6.42 Å². The van der Waals surface area contributed by atoms with Gasteiger partial charge in [0.05, 0.1) is 5.56 Å². The van der Waals surface area contributed by atoms with Crippen LogP contribution in [0.2, 0.25) is 0 Å². The van der Waals surface area contributed by atoms with Crippen molar-refractivity contribution in [1.82, 2.24) is 10.3 Å². The lowest BCUT2D eigenvalue weighted by Gasteiger charge is -2.17. The summed E-state index contributed by atoms with van der Waals surface area (Å²) in [6.45, 7) is 0.535. The number of nitrogens with one attached hydrogen (secondary N) is 2. The van der Waals surface area contributed by atoms with Gasteiger partial charge in [-0.1, -0.05) is 18.2 Å². The van der Waals surface area contributed by atoms with Gasteiger partial charge in [-0.15, -0.1) is 0 Å². The van der Waals surface area contributed by atoms with E-state index in [-0.39, 0.29) is 11.5 Å². The quantitative estimate of drug-likeness (QED) is 0.681. The highest BCUT2D eigenvalue weighted by Gasteiger charge is 2.22. The Hall–Kier alpha value is -2.10. The first-order valence-electron chi connectivity index (χ1n) is 5.19. The van der Waals surface area contributed by atoms with E-state index in [9.17, 15) is 9.59 Å². The van der Waals surface area contributed by atoms with Crippen molar-refractivity contribution in [3.63, 3.8) is 0 Å². The van der Waals surface area contributed by atoms with E-state index >= 15 is 0 Å². The third-order valence-electron chi connectivity index (χ3n) is 2.91. The third-order valence-corrected chi connectivity index (χ3v) is 2.91. The molecular weight excluding hydrogens is 204 g/mol. The summed E-state index contributed by atoms with van der Waals surface area (Å²) < 4.78 is 0. The molecule has 0 radical (unpaired) electrons. The molecule has 4 nitrogen and oxygen atoms in total. The lowest BCUT2D eigenvalue weighted by molar-refractivity contribution is 0.0947. The van der Waals surface area contributed by atoms with Gasteiger partial charge in [-0.25, -0.2) is 0 Å². The van der Waals surface area contributed by atoms with Gasteiger partial charge in [-0.2, -0.15) is 0 Å². The number of H-pyrrole nitrogens is 1. The molecular formula is C12H10N2O2. The topological polar surface area (TPSA) is 62.0 Å². The zero-order valence-electron chi connectivity index (χ0n) is 8.54. The molecule has 1 aliphatic heterocycles. The highest BCUT2D eigenvalue weighted by molar-refractivity contribution is 6.07. The molecule has 4 heteroatoms. The minimum Gasteiger partial charge on any atom is -0.352 e. The van der Waals surface area contributed by atoms with E-state index in [4.69, 9.17) is 0 Å². The predicted octanol–water partition coefficient (Wildman–Crippen LogP) is 0.814. The van der Waals surface area contributed by atoms with E-state index in [0.717, 1.165) is 5.39 Å². The first kappa shape index (κ1) is 9.15. The minimum absolute atomic E-state index is 0.149. The second kappa shape index (κ2) is 3.20. The summed E-state index contributed by atoms with van der Waals surface area (Å²) in [5.74, 6) is -0.149. The van der Waals surface area contributed by atoms with Gasteiger partial charge in [0.2, 0.25) is 0 Å². The Morgan fingerprint density at radius 2 is 1.94 bits per heavy atom. The number of fused-ring (bicyclic) bond motifs is 3. The fraction of sp³-hybridized carbons (Fsp3) is 0.167. The van der Waals surface area contributed by atoms with Crippen molar-refractivity contribution in [2.45, 2.75) is 6.42 Å². The first-order chi connectivity index (χ1) is 7.77. The summed E-state index contributed by atoms with van der Waals surface area (Å²) >= 11 is 0. The third kappa shape index (κ3) is 1.16. The van der Waals surface area contributed by atoms with E-state index in [0.29, 0.717) is 29.6 Å². The number of amides is 1. The fourth-order valence-electron chi connectivity index (χ4n) is 2.17. The Morgan fingerprint density at radius 3 is 2.81 bits per heavy atom. The Bertz CT molecular complexity index is 643. The van der Waals surface area contributed by atoms with Crippen LogP contribution in [0, 0.1) is 0 Å². The van der Waals surface area contributed by atoms with Gasteiger partial charge in [0, 0.05) is 23.0 Å². The largest absolute Gasteiger partial charge is 0.352 e. The van der Waals surface area contributed by atoms with E-state index in [1.165, 1.54) is 0 Å². The highest BCUT2D eigenvalue weighted by atomic mass is 16.2. The average molecular weight is 214 g/mol. The maximum atomic E-state index is 11.8. The molecule has 0 spiro atoms. The van der Waals surface area contributed by atoms with Crippen LogP contribution >= 0.6 is 0 Å². The SMILES string of the molecule is O=C1NCCc2c1c1ccccc1[nH]c2=O. The molecule has 0 bridgehead atoms. The van der Waals surface area contributed by atoms with Crippen molar-refractivity contribution in [2.24, 2.45) is 0 Å². The lowest BCUT2D eigenvalue weighted by Crippen LogP contribution is -2.36. The Balaban J connectivity index is 2.50. The number of benzene rings is 1. The molecule has 2 heterocycles. The van der Waals surface area contributed by atoms with Crippen molar-refractivity contribution >= 4 is 16.8 Å². The van der Waals surface area contributed by atoms with Crippen LogP contribution < -0.4 is 10.9 Å². The summed E-state index contributed by atoms with van der Waals surface area (Å²) in [5, 5.41) is 3.58. The summed E-state index contributed by atoms with van der Waals surface area (Å²) in [4.78, 5) is 26.4. The molecule has 0 aliphatic carbocycles. The number of hydrogen-bond acceptors (Lipinski definition) is 2. The molecule has 80 valence electrons. The molecule has 0 atom stereocenters. The summed E-state index contributed by atoms with van der Waals surface area (Å²) in [6, 6.07) is 7.36. The van der Waals surface area contributed by atoms with Gasteiger partial charge >= 0.3 is 0 Å². The van der Waals surface area contributed by atoms with Gasteiger partial charge in [0.15, 0.2) is 0 Å². The van der Waals surface area contributed by atoms with Crippen LogP contribution in [0.5, 0.6) is 0 Å². The number of pyridine rings is 1. The van der Waals surface area contributed by atoms with Crippen molar-refractivity contribution in [3.8, 4) is 0 Å². The van der Waals surface area contributed by atoms with Gasteiger partial charge in [0.1, 0.15) is 0 Å². The second-order valence-corrected chi connectivity index (χ2v) is 3.86. The van der Waals surface area contributed by atoms with E-state index in [1.807, 2.05) is 18.2 Å². The van der Waals surface area contributed by atoms with E-state index in [2.05, 4.69) is 10.3 Å². The maximum absolute atomic E-state index is 11.8. The van der Waals surface area contributed by atoms with Crippen LogP contribution in [0.4, 0.5) is 0 Å². The van der Waals surface area contributed by atoms with Gasteiger partial charge < -0.3 is 10.3 Å². The number of aromatic amines is 1. The summed E-state index contributed by atoms with van der Waals surface area (Å²) in [6.07, 6.45) is 0.598. The standard InChI is InChI=1S/C12H10N2O2/c15-11-8-5-6-13-12(16)10(8)7-3-1-2-4-9(7)14-11/h1-4H,5-6H2,(H,13,16)(H,14,15). The number of aromatic nitrogens is 1. The molecule has 1 aliphatic rings. The molecule has 16 heavy (non-hydrogen) atoms. The van der Waals surface area contributed by atoms with Crippen molar-refractivity contribution < 1.29 is 4.79 Å². The summed E-state index contributed by atoms with van der Waals surface area (Å²) in [5.41, 5.74) is 1.69. The van der Waals surface area contributed by atoms with Crippen LogP contribution in [0.1, 0.15) is 15.9 Å². The molecule has 1 aromatic heterocycles. The van der Waals surface area contributed by atoms with Gasteiger partial charge in [-0.3, -0.25) is 9.59 Å². The zero-order valence-corrected chi connectivity index (χ0v) is 8.54. The first-order valence-corrected chi connectivity index (χ1v) is 5.19. The lowest BCUT2D eigenvalue weighted by atomic mass is 9.98. The maximum Gasteiger partial charge on any atom is 0.252 e. The minimum atomic E-state index is -0.149. The van der Waals surface area contributed by atoms with E-state index in [1.54, 1.807) is 6.07 Å². The monoisotopic (exact) mass is 214 g/mol. The highest BCUT2D eigenvalue weighted by Crippen LogP contribution is 2.20. The Kier molecular flexibility index (Phi) is 1.83. The van der Waals surface area contributed by atoms with E-state index < -0.39 is 0 Å². The molecule has 3 rings (SSSR count). The van der Waals surface area contributed by atoms with Crippen LogP contribution in [0.25, 0.3) is 10.9 Å². The zero-order chi connectivity index (χ0) is 11.1. The number of rotatable bonds is 0. The van der Waals surface area contributed by atoms with Crippen LogP contribution in [0.15, 0.2) is 29.1 Å². The molecule has 0 saturated carbocycles. The Morgan fingerprint density at radius 1 is 1.12 bits per heavy atom. The van der Waals surface area contributed by atoms with Crippen molar-refractivity contribution in [1.29, 1.82) is 0 Å². The molecule has 2 N–H and O–H groups in total. The number of carbonyl (C=O) groups is 1. The van der Waals surface area contributed by atoms with Crippen molar-refractivity contribution in [3.05, 3.63) is 45.7 Å². The molecule has 0 fully saturated rings. The van der Waals surface area contributed by atoms with Gasteiger partial charge in [0.25, 0.3) is 11.5 Å². The normalized spacial score (nSPS) is 14.6. The predicted molar refractivity (Wildman–Crippen MR) is 60.6 cm³/mol. The smallest absolute Gasteiger partial charge is 0.252 e. The molecule has 1 amide bonds. The second-order valence-electron chi connectivity index (χ2n) is 3.86. The number of para-hydroxylation sites is 1. The summed E-state index contributed by atoms with van der Waals surface area (Å²) in [7, 11) is 0. The molecule has 1 aromatic carbocycles. The number of hydrogen-bond donors (Lipinski definition) is 2. The van der Waals surface area contributed by atoms with Crippen molar-refractivity contribution in [2.75, 3.05) is 6.54 Å². The Labute approximate surface area is 91.3 Å². The van der Waals surface area contributed by atoms with Crippen LogP contribution in [-0.4, -0.2) is 17.4 Å². The number of carbonyl (C=O) groups excluding carboxylic acids is 1.